The Labute approximate surface area is 75.0 Å². The van der Waals surface area contributed by atoms with E-state index in [1.807, 2.05) is 0 Å². The highest BCUT2D eigenvalue weighted by Gasteiger charge is 2.09. The summed E-state index contributed by atoms with van der Waals surface area (Å²) in [6.07, 6.45) is 1.56. The number of amides is 1. The van der Waals surface area contributed by atoms with Crippen LogP contribution in [0.4, 0.5) is 0 Å². The van der Waals surface area contributed by atoms with Gasteiger partial charge in [-0.3, -0.25) is 9.59 Å². The summed E-state index contributed by atoms with van der Waals surface area (Å²) in [4.78, 5) is 21.7. The van der Waals surface area contributed by atoms with E-state index in [2.05, 4.69) is 0 Å². The van der Waals surface area contributed by atoms with Crippen LogP contribution in [0.5, 0.6) is 0 Å². The average molecular weight is 181 g/mol. The lowest BCUT2D eigenvalue weighted by atomic mass is 10.3. The van der Waals surface area contributed by atoms with Gasteiger partial charge in [-0.25, -0.2) is 0 Å². The summed E-state index contributed by atoms with van der Waals surface area (Å²) in [5.74, 6) is -0.615. The van der Waals surface area contributed by atoms with Crippen molar-refractivity contribution in [3.05, 3.63) is 34.7 Å². The topological polar surface area (TPSA) is 91.1 Å². The van der Waals surface area contributed by atoms with E-state index in [0.717, 1.165) is 0 Å². The van der Waals surface area contributed by atoms with Crippen molar-refractivity contribution < 1.29 is 4.79 Å². The van der Waals surface area contributed by atoms with E-state index in [0.29, 0.717) is 0 Å². The number of hydrogen-bond acceptors (Lipinski definition) is 3. The van der Waals surface area contributed by atoms with Gasteiger partial charge in [0.05, 0.1) is 0 Å². The fraction of sp³-hybridized carbons (Fsp3) is 0.250. The van der Waals surface area contributed by atoms with Gasteiger partial charge >= 0.3 is 0 Å². The Morgan fingerprint density at radius 2 is 2.23 bits per heavy atom. The van der Waals surface area contributed by atoms with Gasteiger partial charge in [-0.2, -0.15) is 0 Å². The van der Waals surface area contributed by atoms with Gasteiger partial charge < -0.3 is 16.0 Å². The average Bonchev–Trinajstić information content (AvgIpc) is 2.08. The third-order valence-electron chi connectivity index (χ3n) is 1.66. The molecule has 0 aliphatic rings. The molecule has 1 rings (SSSR count). The number of hydrogen-bond donors (Lipinski definition) is 2. The van der Waals surface area contributed by atoms with Gasteiger partial charge in [-0.1, -0.05) is 6.07 Å². The molecule has 70 valence electrons. The van der Waals surface area contributed by atoms with Gasteiger partial charge in [0.1, 0.15) is 6.04 Å². The molecule has 5 nitrogen and oxygen atoms in total. The van der Waals surface area contributed by atoms with Crippen LogP contribution in [-0.2, 0) is 11.3 Å². The minimum absolute atomic E-state index is 0.120. The summed E-state index contributed by atoms with van der Waals surface area (Å²) in [6, 6.07) is 3.89. The Bertz CT molecular complexity index is 358. The Balaban J connectivity index is 2.81. The van der Waals surface area contributed by atoms with E-state index in [9.17, 15) is 9.59 Å². The molecule has 1 unspecified atom stereocenters. The Kier molecular flexibility index (Phi) is 2.81. The standard InChI is InChI=1S/C8H11N3O2/c9-6(8(10)13)5-11-4-2-1-3-7(11)12/h1-4,6H,5,9H2,(H2,10,13). The Morgan fingerprint density at radius 3 is 2.77 bits per heavy atom. The molecule has 1 aromatic heterocycles. The molecule has 0 spiro atoms. The monoisotopic (exact) mass is 181 g/mol. The lowest BCUT2D eigenvalue weighted by Gasteiger charge is -2.08. The fourth-order valence-electron chi connectivity index (χ4n) is 0.913. The van der Waals surface area contributed by atoms with Crippen molar-refractivity contribution >= 4 is 5.91 Å². The smallest absolute Gasteiger partial charge is 0.250 e. The first-order valence-electron chi connectivity index (χ1n) is 3.81. The molecule has 1 atom stereocenters. The zero-order valence-corrected chi connectivity index (χ0v) is 7.01. The Hall–Kier alpha value is -1.62. The van der Waals surface area contributed by atoms with E-state index >= 15 is 0 Å². The van der Waals surface area contributed by atoms with Gasteiger partial charge in [0.2, 0.25) is 5.91 Å². The molecule has 0 bridgehead atoms. The number of carbonyl (C=O) groups is 1. The number of nitrogens with two attached hydrogens (primary N) is 2. The van der Waals surface area contributed by atoms with Gasteiger partial charge in [-0.05, 0) is 6.07 Å². The molecule has 0 aliphatic carbocycles. The van der Waals surface area contributed by atoms with Crippen LogP contribution >= 0.6 is 0 Å². The minimum atomic E-state index is -0.819. The van der Waals surface area contributed by atoms with Crippen LogP contribution in [0, 0.1) is 0 Å². The van der Waals surface area contributed by atoms with Crippen LogP contribution in [0.1, 0.15) is 0 Å². The van der Waals surface area contributed by atoms with Crippen molar-refractivity contribution in [3.8, 4) is 0 Å². The van der Waals surface area contributed by atoms with Crippen molar-refractivity contribution in [2.75, 3.05) is 0 Å². The molecular weight excluding hydrogens is 170 g/mol. The highest BCUT2D eigenvalue weighted by atomic mass is 16.1. The molecule has 0 aliphatic heterocycles. The summed E-state index contributed by atoms with van der Waals surface area (Å²) in [5, 5.41) is 0. The molecule has 0 fully saturated rings. The molecule has 4 N–H and O–H groups in total. The van der Waals surface area contributed by atoms with Gasteiger partial charge in [-0.15, -0.1) is 0 Å². The predicted octanol–water partition coefficient (Wildman–Crippen LogP) is -1.34. The quantitative estimate of drug-likeness (QED) is 0.604. The van der Waals surface area contributed by atoms with E-state index in [4.69, 9.17) is 11.5 Å². The second-order valence-corrected chi connectivity index (χ2v) is 2.70. The van der Waals surface area contributed by atoms with Crippen LogP contribution in [-0.4, -0.2) is 16.5 Å². The zero-order chi connectivity index (χ0) is 9.84. The van der Waals surface area contributed by atoms with Crippen molar-refractivity contribution in [3.63, 3.8) is 0 Å². The largest absolute Gasteiger partial charge is 0.368 e. The highest BCUT2D eigenvalue weighted by molar-refractivity contribution is 5.79. The lowest BCUT2D eigenvalue weighted by molar-refractivity contribution is -0.119. The molecule has 5 heteroatoms. The summed E-state index contributed by atoms with van der Waals surface area (Å²) in [5.41, 5.74) is 10.1. The number of nitrogens with zero attached hydrogens (tertiary/aromatic N) is 1. The molecule has 1 amide bonds. The molecule has 0 aromatic carbocycles. The first-order chi connectivity index (χ1) is 6.11. The van der Waals surface area contributed by atoms with Gasteiger partial charge in [0.15, 0.2) is 0 Å². The maximum atomic E-state index is 11.1. The van der Waals surface area contributed by atoms with Gasteiger partial charge in [0.25, 0.3) is 5.56 Å². The molecule has 0 saturated heterocycles. The summed E-state index contributed by atoms with van der Waals surface area (Å²) in [7, 11) is 0. The molecular formula is C8H11N3O2. The molecule has 0 radical (unpaired) electrons. The fourth-order valence-corrected chi connectivity index (χ4v) is 0.913. The highest BCUT2D eigenvalue weighted by Crippen LogP contribution is 1.85. The zero-order valence-electron chi connectivity index (χ0n) is 7.01. The molecule has 13 heavy (non-hydrogen) atoms. The van der Waals surface area contributed by atoms with Crippen LogP contribution in [0.15, 0.2) is 29.2 Å². The van der Waals surface area contributed by atoms with E-state index in [1.54, 1.807) is 18.3 Å². The normalized spacial score (nSPS) is 12.4. The third kappa shape index (κ3) is 2.41. The molecule has 1 heterocycles. The van der Waals surface area contributed by atoms with Crippen molar-refractivity contribution in [1.82, 2.24) is 4.57 Å². The maximum absolute atomic E-state index is 11.1. The van der Waals surface area contributed by atoms with Gasteiger partial charge in [0, 0.05) is 18.8 Å². The second kappa shape index (κ2) is 3.86. The summed E-state index contributed by atoms with van der Waals surface area (Å²) < 4.78 is 1.34. The number of aromatic nitrogens is 1. The first-order valence-corrected chi connectivity index (χ1v) is 3.81. The number of primary amides is 1. The van der Waals surface area contributed by atoms with E-state index in [1.165, 1.54) is 10.6 Å². The van der Waals surface area contributed by atoms with Crippen molar-refractivity contribution in [2.24, 2.45) is 11.5 Å². The predicted molar refractivity (Wildman–Crippen MR) is 47.9 cm³/mol. The number of rotatable bonds is 3. The Morgan fingerprint density at radius 1 is 1.54 bits per heavy atom. The van der Waals surface area contributed by atoms with Crippen LogP contribution in [0.3, 0.4) is 0 Å². The summed E-state index contributed by atoms with van der Waals surface area (Å²) >= 11 is 0. The third-order valence-corrected chi connectivity index (χ3v) is 1.66. The van der Waals surface area contributed by atoms with Crippen molar-refractivity contribution in [2.45, 2.75) is 12.6 Å². The van der Waals surface area contributed by atoms with E-state index < -0.39 is 11.9 Å². The first kappa shape index (κ1) is 9.47. The maximum Gasteiger partial charge on any atom is 0.250 e. The summed E-state index contributed by atoms with van der Waals surface area (Å²) in [6.45, 7) is 0.120. The lowest BCUT2D eigenvalue weighted by Crippen LogP contribution is -2.41. The second-order valence-electron chi connectivity index (χ2n) is 2.70. The van der Waals surface area contributed by atoms with Crippen LogP contribution < -0.4 is 17.0 Å². The van der Waals surface area contributed by atoms with Crippen LogP contribution in [0.2, 0.25) is 0 Å². The SMILES string of the molecule is NC(=O)C(N)Cn1ccccc1=O. The van der Waals surface area contributed by atoms with Crippen LogP contribution in [0.25, 0.3) is 0 Å². The number of carbonyl (C=O) groups excluding carboxylic acids is 1. The van der Waals surface area contributed by atoms with E-state index in [-0.39, 0.29) is 12.1 Å². The number of pyridine rings is 1. The minimum Gasteiger partial charge on any atom is -0.368 e. The van der Waals surface area contributed by atoms with Crippen molar-refractivity contribution in [1.29, 1.82) is 0 Å². The molecule has 1 aromatic rings. The molecule has 0 saturated carbocycles.